The predicted octanol–water partition coefficient (Wildman–Crippen LogP) is 2.56. The summed E-state index contributed by atoms with van der Waals surface area (Å²) in [5.41, 5.74) is 0.407. The molecule has 0 aromatic carbocycles. The lowest BCUT2D eigenvalue weighted by atomic mass is 10.2. The smallest absolute Gasteiger partial charge is 0.274 e. The maximum absolute atomic E-state index is 12.3. The van der Waals surface area contributed by atoms with Gasteiger partial charge in [0.1, 0.15) is 11.5 Å². The molecule has 0 fully saturated rings. The first-order chi connectivity index (χ1) is 9.13. The summed E-state index contributed by atoms with van der Waals surface area (Å²) in [6.45, 7) is 9.73. The second-order valence-corrected chi connectivity index (χ2v) is 4.56. The van der Waals surface area contributed by atoms with E-state index >= 15 is 0 Å². The Bertz CT molecular complexity index is 391. The molecule has 1 N–H and O–H groups in total. The third-order valence-electron chi connectivity index (χ3n) is 3.15. The molecule has 1 amide bonds. The Kier molecular flexibility index (Phi) is 6.25. The molecular formula is C14H24N4O. The zero-order valence-corrected chi connectivity index (χ0v) is 12.3. The minimum absolute atomic E-state index is 0.0496. The fourth-order valence-electron chi connectivity index (χ4n) is 1.81. The summed E-state index contributed by atoms with van der Waals surface area (Å²) in [6.07, 6.45) is 5.13. The van der Waals surface area contributed by atoms with Crippen LogP contribution in [0.1, 0.15) is 51.0 Å². The molecule has 5 nitrogen and oxygen atoms in total. The van der Waals surface area contributed by atoms with Crippen molar-refractivity contribution in [2.24, 2.45) is 0 Å². The standard InChI is InChI=1S/C14H24N4O/c1-5-8-15-13-10-16-12(9-17-13)14(19)18(7-3)11(4)6-2/h9-11H,5-8H2,1-4H3,(H,15,17). The van der Waals surface area contributed by atoms with Crippen LogP contribution >= 0.6 is 0 Å². The summed E-state index contributed by atoms with van der Waals surface area (Å²) in [6, 6.07) is 0.220. The van der Waals surface area contributed by atoms with Crippen molar-refractivity contribution in [3.63, 3.8) is 0 Å². The number of amides is 1. The average Bonchev–Trinajstić information content (AvgIpc) is 2.46. The Morgan fingerprint density at radius 1 is 1.32 bits per heavy atom. The topological polar surface area (TPSA) is 58.1 Å². The van der Waals surface area contributed by atoms with E-state index in [1.165, 1.54) is 0 Å². The van der Waals surface area contributed by atoms with Gasteiger partial charge in [-0.25, -0.2) is 9.97 Å². The fourth-order valence-corrected chi connectivity index (χ4v) is 1.81. The highest BCUT2D eigenvalue weighted by atomic mass is 16.2. The molecule has 1 aromatic rings. The van der Waals surface area contributed by atoms with Gasteiger partial charge >= 0.3 is 0 Å². The molecule has 0 aliphatic rings. The van der Waals surface area contributed by atoms with Gasteiger partial charge < -0.3 is 10.2 Å². The maximum Gasteiger partial charge on any atom is 0.274 e. The molecule has 0 radical (unpaired) electrons. The summed E-state index contributed by atoms with van der Waals surface area (Å²) >= 11 is 0. The van der Waals surface area contributed by atoms with E-state index in [-0.39, 0.29) is 11.9 Å². The van der Waals surface area contributed by atoms with Crippen LogP contribution in [0.5, 0.6) is 0 Å². The number of carbonyl (C=O) groups excluding carboxylic acids is 1. The Morgan fingerprint density at radius 2 is 2.05 bits per heavy atom. The van der Waals surface area contributed by atoms with Gasteiger partial charge in [0.2, 0.25) is 0 Å². The predicted molar refractivity (Wildman–Crippen MR) is 77.3 cm³/mol. The Balaban J connectivity index is 2.76. The van der Waals surface area contributed by atoms with Crippen molar-refractivity contribution in [2.45, 2.75) is 46.6 Å². The summed E-state index contributed by atoms with van der Waals surface area (Å²) in [4.78, 5) is 22.5. The van der Waals surface area contributed by atoms with Gasteiger partial charge in [-0.1, -0.05) is 13.8 Å². The number of rotatable bonds is 7. The van der Waals surface area contributed by atoms with Crippen LogP contribution in [0.3, 0.4) is 0 Å². The Morgan fingerprint density at radius 3 is 2.53 bits per heavy atom. The highest BCUT2D eigenvalue weighted by molar-refractivity contribution is 5.92. The zero-order chi connectivity index (χ0) is 14.3. The van der Waals surface area contributed by atoms with Crippen molar-refractivity contribution in [2.75, 3.05) is 18.4 Å². The first-order valence-corrected chi connectivity index (χ1v) is 7.00. The molecule has 0 spiro atoms. The van der Waals surface area contributed by atoms with Crippen LogP contribution in [0.25, 0.3) is 0 Å². The van der Waals surface area contributed by atoms with E-state index in [0.717, 1.165) is 19.4 Å². The zero-order valence-electron chi connectivity index (χ0n) is 12.3. The summed E-state index contributed by atoms with van der Waals surface area (Å²) < 4.78 is 0. The lowest BCUT2D eigenvalue weighted by molar-refractivity contribution is 0.0693. The minimum Gasteiger partial charge on any atom is -0.369 e. The van der Waals surface area contributed by atoms with E-state index in [1.54, 1.807) is 12.4 Å². The van der Waals surface area contributed by atoms with Gasteiger partial charge in [0.05, 0.1) is 12.4 Å². The molecule has 19 heavy (non-hydrogen) atoms. The number of aromatic nitrogens is 2. The average molecular weight is 264 g/mol. The summed E-state index contributed by atoms with van der Waals surface area (Å²) in [7, 11) is 0. The number of hydrogen-bond acceptors (Lipinski definition) is 4. The fraction of sp³-hybridized carbons (Fsp3) is 0.643. The van der Waals surface area contributed by atoms with Gasteiger partial charge in [-0.05, 0) is 26.7 Å². The molecule has 0 saturated carbocycles. The lowest BCUT2D eigenvalue weighted by Gasteiger charge is -2.26. The second-order valence-electron chi connectivity index (χ2n) is 4.56. The van der Waals surface area contributed by atoms with Crippen LogP contribution in [0, 0.1) is 0 Å². The summed E-state index contributed by atoms with van der Waals surface area (Å²) in [5.74, 6) is 0.663. The van der Waals surface area contributed by atoms with Crippen LogP contribution in [-0.4, -0.2) is 39.9 Å². The number of nitrogens with one attached hydrogen (secondary N) is 1. The van der Waals surface area contributed by atoms with Gasteiger partial charge in [0.15, 0.2) is 0 Å². The van der Waals surface area contributed by atoms with Crippen LogP contribution < -0.4 is 5.32 Å². The van der Waals surface area contributed by atoms with E-state index in [4.69, 9.17) is 0 Å². The first-order valence-electron chi connectivity index (χ1n) is 7.00. The molecule has 5 heteroatoms. The van der Waals surface area contributed by atoms with Crippen LogP contribution in [0.2, 0.25) is 0 Å². The Labute approximate surface area is 115 Å². The molecule has 1 heterocycles. The van der Waals surface area contributed by atoms with E-state index in [2.05, 4.69) is 29.1 Å². The molecule has 0 aliphatic heterocycles. The molecule has 1 aromatic heterocycles. The molecular weight excluding hydrogens is 240 g/mol. The Hall–Kier alpha value is -1.65. The first kappa shape index (κ1) is 15.4. The van der Waals surface area contributed by atoms with Crippen molar-refractivity contribution in [3.05, 3.63) is 18.1 Å². The van der Waals surface area contributed by atoms with Gasteiger partial charge in [-0.15, -0.1) is 0 Å². The van der Waals surface area contributed by atoms with Gasteiger partial charge in [-0.3, -0.25) is 4.79 Å². The molecule has 1 rings (SSSR count). The van der Waals surface area contributed by atoms with Crippen molar-refractivity contribution in [3.8, 4) is 0 Å². The third-order valence-corrected chi connectivity index (χ3v) is 3.15. The summed E-state index contributed by atoms with van der Waals surface area (Å²) in [5, 5.41) is 3.14. The highest BCUT2D eigenvalue weighted by Gasteiger charge is 2.20. The highest BCUT2D eigenvalue weighted by Crippen LogP contribution is 2.09. The largest absolute Gasteiger partial charge is 0.369 e. The molecule has 106 valence electrons. The minimum atomic E-state index is -0.0496. The van der Waals surface area contributed by atoms with Gasteiger partial charge in [-0.2, -0.15) is 0 Å². The molecule has 0 bridgehead atoms. The quantitative estimate of drug-likeness (QED) is 0.822. The molecule has 0 aliphatic carbocycles. The van der Waals surface area contributed by atoms with Gasteiger partial charge in [0, 0.05) is 19.1 Å². The van der Waals surface area contributed by atoms with E-state index in [0.29, 0.717) is 18.1 Å². The van der Waals surface area contributed by atoms with Crippen molar-refractivity contribution in [1.82, 2.24) is 14.9 Å². The number of nitrogens with zero attached hydrogens (tertiary/aromatic N) is 3. The van der Waals surface area contributed by atoms with E-state index in [9.17, 15) is 4.79 Å². The van der Waals surface area contributed by atoms with Gasteiger partial charge in [0.25, 0.3) is 5.91 Å². The second kappa shape index (κ2) is 7.71. The lowest BCUT2D eigenvalue weighted by Crippen LogP contribution is -2.38. The van der Waals surface area contributed by atoms with E-state index in [1.807, 2.05) is 18.7 Å². The molecule has 1 unspecified atom stereocenters. The molecule has 1 atom stereocenters. The third kappa shape index (κ3) is 4.19. The van der Waals surface area contributed by atoms with Crippen molar-refractivity contribution >= 4 is 11.7 Å². The van der Waals surface area contributed by atoms with Crippen LogP contribution in [0.4, 0.5) is 5.82 Å². The SMILES string of the molecule is CCCNc1cnc(C(=O)N(CC)C(C)CC)cn1. The maximum atomic E-state index is 12.3. The number of anilines is 1. The normalized spacial score (nSPS) is 12.0. The van der Waals surface area contributed by atoms with Crippen molar-refractivity contribution in [1.29, 1.82) is 0 Å². The number of carbonyl (C=O) groups is 1. The molecule has 0 saturated heterocycles. The van der Waals surface area contributed by atoms with E-state index < -0.39 is 0 Å². The number of hydrogen-bond donors (Lipinski definition) is 1. The monoisotopic (exact) mass is 264 g/mol. The van der Waals surface area contributed by atoms with Crippen molar-refractivity contribution < 1.29 is 4.79 Å². The van der Waals surface area contributed by atoms with Crippen LogP contribution in [-0.2, 0) is 0 Å². The van der Waals surface area contributed by atoms with Crippen LogP contribution in [0.15, 0.2) is 12.4 Å².